The number of hydrogen-bond acceptors (Lipinski definition) is 9. The number of anilines is 1. The zero-order chi connectivity index (χ0) is 35.8. The van der Waals surface area contributed by atoms with Crippen LogP contribution in [0.25, 0.3) is 0 Å². The van der Waals surface area contributed by atoms with Gasteiger partial charge in [-0.2, -0.15) is 0 Å². The van der Waals surface area contributed by atoms with Crippen molar-refractivity contribution in [1.29, 1.82) is 0 Å². The van der Waals surface area contributed by atoms with Gasteiger partial charge in [-0.3, -0.25) is 24.0 Å². The lowest BCUT2D eigenvalue weighted by Gasteiger charge is -2.22. The van der Waals surface area contributed by atoms with Gasteiger partial charge in [-0.25, -0.2) is 4.79 Å². The summed E-state index contributed by atoms with van der Waals surface area (Å²) >= 11 is 0. The normalized spacial score (nSPS) is 10.8. The highest BCUT2D eigenvalue weighted by Crippen LogP contribution is 2.26. The molecule has 15 heteroatoms. The number of urea groups is 1. The highest BCUT2D eigenvalue weighted by molar-refractivity contribution is 5.97. The maximum atomic E-state index is 12.6. The van der Waals surface area contributed by atoms with Gasteiger partial charge in [0, 0.05) is 19.0 Å². The molecule has 0 aromatic heterocycles. The molecule has 1 atom stereocenters. The summed E-state index contributed by atoms with van der Waals surface area (Å²) in [6.07, 6.45) is 1.16. The molecular formula is C31H54N6O9. The zero-order valence-corrected chi connectivity index (χ0v) is 28.6. The predicted octanol–water partition coefficient (Wildman–Crippen LogP) is 2.13. The van der Waals surface area contributed by atoms with Crippen LogP contribution in [0.4, 0.5) is 10.5 Å². The zero-order valence-electron chi connectivity index (χ0n) is 28.6. The molecule has 1 unspecified atom stereocenters. The summed E-state index contributed by atoms with van der Waals surface area (Å²) in [5, 5.41) is 21.1. The van der Waals surface area contributed by atoms with E-state index in [0.717, 1.165) is 6.42 Å². The molecule has 1 aromatic carbocycles. The average Bonchev–Trinajstić information content (AvgIpc) is 2.99. The van der Waals surface area contributed by atoms with Crippen LogP contribution in [0.3, 0.4) is 0 Å². The molecule has 0 bridgehead atoms. The van der Waals surface area contributed by atoms with Crippen molar-refractivity contribution < 1.29 is 43.3 Å². The molecule has 0 radical (unpaired) electrons. The fourth-order valence-corrected chi connectivity index (χ4v) is 3.03. The Kier molecular flexibility index (Phi) is 23.6. The third-order valence-electron chi connectivity index (χ3n) is 5.60. The number of nitrogens with one attached hydrogen (secondary N) is 5. The van der Waals surface area contributed by atoms with Crippen molar-refractivity contribution in [1.82, 2.24) is 21.3 Å². The van der Waals surface area contributed by atoms with Crippen LogP contribution in [-0.4, -0.2) is 79.6 Å². The van der Waals surface area contributed by atoms with Gasteiger partial charge in [0.05, 0.1) is 31.8 Å². The van der Waals surface area contributed by atoms with Crippen LogP contribution in [0.2, 0.25) is 0 Å². The number of carbonyl (C=O) groups excluding carboxylic acids is 5. The van der Waals surface area contributed by atoms with E-state index >= 15 is 0 Å². The Morgan fingerprint density at radius 1 is 0.913 bits per heavy atom. The summed E-state index contributed by atoms with van der Waals surface area (Å²) in [7, 11) is 1.46. The summed E-state index contributed by atoms with van der Waals surface area (Å²) in [6, 6.07) is 3.94. The number of hydrogen-bond donors (Lipinski definition) is 7. The van der Waals surface area contributed by atoms with E-state index in [1.54, 1.807) is 39.0 Å². The number of esters is 1. The lowest BCUT2D eigenvalue weighted by Crippen LogP contribution is -2.52. The molecule has 0 saturated heterocycles. The Balaban J connectivity index is 0. The highest BCUT2D eigenvalue weighted by Gasteiger charge is 2.24. The van der Waals surface area contributed by atoms with E-state index in [-0.39, 0.29) is 55.9 Å². The Bertz CT molecular complexity index is 1110. The number of aliphatic carboxylic acids is 1. The van der Waals surface area contributed by atoms with Gasteiger partial charge in [0.25, 0.3) is 0 Å². The number of carboxylic acid groups (broad SMARTS) is 1. The SMILES string of the molecule is CCC(=O)O.CCCNC(N)=O.COc1cc(COC(=O)C(C)C)ccc1NC(=O)CNC(=O)C(NC(=O)CNC(C)C)C(C)C. The summed E-state index contributed by atoms with van der Waals surface area (Å²) in [4.78, 5) is 67.9. The minimum atomic E-state index is -0.767. The Morgan fingerprint density at radius 3 is 1.96 bits per heavy atom. The van der Waals surface area contributed by atoms with E-state index in [0.29, 0.717) is 23.5 Å². The molecule has 8 N–H and O–H groups in total. The number of benzene rings is 1. The molecule has 262 valence electrons. The summed E-state index contributed by atoms with van der Waals surface area (Å²) < 4.78 is 10.5. The van der Waals surface area contributed by atoms with Crippen LogP contribution < -0.4 is 37.1 Å². The first-order valence-corrected chi connectivity index (χ1v) is 15.2. The molecule has 1 rings (SSSR count). The maximum absolute atomic E-state index is 12.6. The van der Waals surface area contributed by atoms with Crippen molar-refractivity contribution in [2.75, 3.05) is 32.1 Å². The van der Waals surface area contributed by atoms with Crippen LogP contribution >= 0.6 is 0 Å². The van der Waals surface area contributed by atoms with Crippen molar-refractivity contribution in [3.8, 4) is 5.75 Å². The quantitative estimate of drug-likeness (QED) is 0.128. The van der Waals surface area contributed by atoms with Gasteiger partial charge in [-0.05, 0) is 30.0 Å². The first kappa shape index (κ1) is 43.7. The lowest BCUT2D eigenvalue weighted by atomic mass is 10.0. The van der Waals surface area contributed by atoms with Crippen molar-refractivity contribution in [2.24, 2.45) is 17.6 Å². The smallest absolute Gasteiger partial charge is 0.312 e. The molecule has 5 amide bonds. The number of methoxy groups -OCH3 is 1. The van der Waals surface area contributed by atoms with E-state index in [4.69, 9.17) is 20.3 Å². The Hall–Kier alpha value is -4.40. The number of nitrogens with two attached hydrogens (primary N) is 1. The summed E-state index contributed by atoms with van der Waals surface area (Å²) in [5.74, 6) is -2.25. The van der Waals surface area contributed by atoms with Gasteiger partial charge < -0.3 is 46.9 Å². The Morgan fingerprint density at radius 2 is 1.52 bits per heavy atom. The number of carbonyl (C=O) groups is 6. The van der Waals surface area contributed by atoms with Gasteiger partial charge in [0.15, 0.2) is 0 Å². The van der Waals surface area contributed by atoms with Crippen molar-refractivity contribution in [3.63, 3.8) is 0 Å². The molecule has 0 aliphatic heterocycles. The van der Waals surface area contributed by atoms with E-state index in [2.05, 4.69) is 26.6 Å². The maximum Gasteiger partial charge on any atom is 0.312 e. The number of carboxylic acids is 1. The molecular weight excluding hydrogens is 600 g/mol. The first-order chi connectivity index (χ1) is 21.5. The molecule has 0 aliphatic rings. The first-order valence-electron chi connectivity index (χ1n) is 15.2. The fourth-order valence-electron chi connectivity index (χ4n) is 3.03. The van der Waals surface area contributed by atoms with Gasteiger partial charge in [0.1, 0.15) is 18.4 Å². The van der Waals surface area contributed by atoms with Crippen LogP contribution in [0.5, 0.6) is 5.75 Å². The number of amides is 5. The predicted molar refractivity (Wildman–Crippen MR) is 175 cm³/mol. The summed E-state index contributed by atoms with van der Waals surface area (Å²) in [6.45, 7) is 15.1. The second-order valence-corrected chi connectivity index (χ2v) is 10.9. The molecule has 0 spiro atoms. The fraction of sp³-hybridized carbons (Fsp3) is 0.613. The number of ether oxygens (including phenoxy) is 2. The molecule has 1 aromatic rings. The third kappa shape index (κ3) is 22.2. The summed E-state index contributed by atoms with van der Waals surface area (Å²) in [5.41, 5.74) is 5.85. The monoisotopic (exact) mass is 654 g/mol. The van der Waals surface area contributed by atoms with Crippen molar-refractivity contribution >= 4 is 41.4 Å². The van der Waals surface area contributed by atoms with Gasteiger partial charge in [-0.15, -0.1) is 0 Å². The van der Waals surface area contributed by atoms with E-state index in [1.165, 1.54) is 7.11 Å². The van der Waals surface area contributed by atoms with Crippen LogP contribution in [-0.2, 0) is 35.3 Å². The van der Waals surface area contributed by atoms with Gasteiger partial charge >= 0.3 is 18.0 Å². The van der Waals surface area contributed by atoms with Crippen LogP contribution in [0.15, 0.2) is 18.2 Å². The van der Waals surface area contributed by atoms with E-state index in [9.17, 15) is 28.8 Å². The molecule has 0 saturated carbocycles. The molecule has 15 nitrogen and oxygen atoms in total. The molecule has 0 fully saturated rings. The van der Waals surface area contributed by atoms with E-state index < -0.39 is 29.9 Å². The van der Waals surface area contributed by atoms with Crippen LogP contribution in [0, 0.1) is 11.8 Å². The lowest BCUT2D eigenvalue weighted by molar-refractivity contribution is -0.148. The molecule has 46 heavy (non-hydrogen) atoms. The highest BCUT2D eigenvalue weighted by atomic mass is 16.5. The topological polar surface area (TPSA) is 227 Å². The Labute approximate surface area is 272 Å². The van der Waals surface area contributed by atoms with E-state index in [1.807, 2.05) is 34.6 Å². The van der Waals surface area contributed by atoms with Gasteiger partial charge in [-0.1, -0.05) is 61.5 Å². The second-order valence-electron chi connectivity index (χ2n) is 10.9. The molecule has 0 heterocycles. The van der Waals surface area contributed by atoms with Gasteiger partial charge in [0.2, 0.25) is 17.7 Å². The average molecular weight is 655 g/mol. The third-order valence-corrected chi connectivity index (χ3v) is 5.60. The second kappa shape index (κ2) is 24.9. The van der Waals surface area contributed by atoms with Crippen molar-refractivity contribution in [3.05, 3.63) is 23.8 Å². The minimum absolute atomic E-state index is 0.0899. The van der Waals surface area contributed by atoms with Crippen LogP contribution in [0.1, 0.15) is 73.8 Å². The molecule has 0 aliphatic carbocycles. The minimum Gasteiger partial charge on any atom is -0.495 e. The standard InChI is InChI=1S/C24H38N4O6.C4H10N2O.C3H6O2/c1-14(2)22(28-21(30)11-25-16(5)6)23(31)26-12-20(29)27-18-9-8-17(10-19(18)33-7)13-34-24(32)15(3)4;1-2-3-6-4(5)7;1-2-3(4)5/h8-10,14-16,22,25H,11-13H2,1-7H3,(H,26,31)(H,27,29)(H,28,30);2-3H2,1H3,(H3,5,6,7);2H2,1H3,(H,4,5). The number of primary amides is 1. The largest absolute Gasteiger partial charge is 0.495 e. The van der Waals surface area contributed by atoms with Crippen molar-refractivity contribution in [2.45, 2.75) is 86.9 Å². The number of rotatable bonds is 16.